The Kier molecular flexibility index (Phi) is 5.35. The zero-order valence-corrected chi connectivity index (χ0v) is 11.5. The van der Waals surface area contributed by atoms with Crippen LogP contribution in [-0.2, 0) is 16.1 Å². The number of carbonyl (C=O) groups is 2. The molecule has 106 valence electrons. The number of nitrogens with zero attached hydrogens (tertiary/aromatic N) is 2. The van der Waals surface area contributed by atoms with Crippen LogP contribution < -0.4 is 11.1 Å². The summed E-state index contributed by atoms with van der Waals surface area (Å²) >= 11 is 0. The van der Waals surface area contributed by atoms with Crippen molar-refractivity contribution in [2.45, 2.75) is 33.2 Å². The van der Waals surface area contributed by atoms with Crippen LogP contribution in [0.25, 0.3) is 0 Å². The van der Waals surface area contributed by atoms with Gasteiger partial charge in [0, 0.05) is 20.0 Å². The number of esters is 1. The van der Waals surface area contributed by atoms with E-state index in [2.05, 4.69) is 10.4 Å². The van der Waals surface area contributed by atoms with Crippen molar-refractivity contribution in [3.63, 3.8) is 0 Å². The van der Waals surface area contributed by atoms with Crippen LogP contribution in [0.15, 0.2) is 0 Å². The number of rotatable bonds is 6. The molecule has 0 saturated heterocycles. The fourth-order valence-electron chi connectivity index (χ4n) is 1.63. The first kappa shape index (κ1) is 15.0. The molecular weight excluding hydrogens is 248 g/mol. The summed E-state index contributed by atoms with van der Waals surface area (Å²) in [4.78, 5) is 22.9. The molecule has 1 heterocycles. The highest BCUT2D eigenvalue weighted by molar-refractivity contribution is 5.93. The molecule has 0 spiro atoms. The van der Waals surface area contributed by atoms with E-state index >= 15 is 0 Å². The lowest BCUT2D eigenvalue weighted by Crippen LogP contribution is -2.19. The molecular formula is C12H20N4O3. The Morgan fingerprint density at radius 3 is 2.74 bits per heavy atom. The summed E-state index contributed by atoms with van der Waals surface area (Å²) in [6.45, 7) is 4.33. The van der Waals surface area contributed by atoms with Crippen LogP contribution in [-0.4, -0.2) is 35.3 Å². The van der Waals surface area contributed by atoms with Gasteiger partial charge in [0.25, 0.3) is 0 Å². The van der Waals surface area contributed by atoms with E-state index in [1.807, 2.05) is 6.92 Å². The number of hydrogen-bond donors (Lipinski definition) is 2. The molecule has 1 amide bonds. The van der Waals surface area contributed by atoms with Gasteiger partial charge in [-0.3, -0.25) is 9.48 Å². The number of ether oxygens (including phenoxy) is 1. The summed E-state index contributed by atoms with van der Waals surface area (Å²) in [6.07, 6.45) is 0.801. The number of hydrogen-bond acceptors (Lipinski definition) is 5. The molecule has 1 aromatic rings. The zero-order chi connectivity index (χ0) is 14.4. The van der Waals surface area contributed by atoms with Gasteiger partial charge in [-0.25, -0.2) is 4.79 Å². The van der Waals surface area contributed by atoms with Gasteiger partial charge in [-0.05, 0) is 20.3 Å². The number of anilines is 1. The van der Waals surface area contributed by atoms with Crippen molar-refractivity contribution in [1.82, 2.24) is 15.1 Å². The van der Waals surface area contributed by atoms with Gasteiger partial charge in [-0.2, -0.15) is 5.10 Å². The SMILES string of the molecule is CCn1nc(C)c(N)c1C(=O)OCCCC(=O)NC. The maximum atomic E-state index is 11.9. The van der Waals surface area contributed by atoms with Crippen LogP contribution in [0.4, 0.5) is 5.69 Å². The monoisotopic (exact) mass is 268 g/mol. The second-order valence-corrected chi connectivity index (χ2v) is 4.08. The molecule has 0 saturated carbocycles. The van der Waals surface area contributed by atoms with Crippen molar-refractivity contribution in [2.75, 3.05) is 19.4 Å². The van der Waals surface area contributed by atoms with Gasteiger partial charge in [0.2, 0.25) is 5.91 Å². The van der Waals surface area contributed by atoms with E-state index in [1.165, 1.54) is 4.68 Å². The van der Waals surface area contributed by atoms with Crippen LogP contribution in [0.1, 0.15) is 35.9 Å². The summed E-state index contributed by atoms with van der Waals surface area (Å²) in [6, 6.07) is 0. The number of nitrogens with two attached hydrogens (primary N) is 1. The third-order valence-electron chi connectivity index (χ3n) is 2.73. The lowest BCUT2D eigenvalue weighted by atomic mass is 10.3. The standard InChI is InChI=1S/C12H20N4O3/c1-4-16-11(10(13)8(2)15-16)12(18)19-7-5-6-9(17)14-3/h4-7,13H2,1-3H3,(H,14,17). The van der Waals surface area contributed by atoms with Gasteiger partial charge in [-0.15, -0.1) is 0 Å². The summed E-state index contributed by atoms with van der Waals surface area (Å²) in [5.74, 6) is -0.582. The molecule has 0 aliphatic rings. The summed E-state index contributed by atoms with van der Waals surface area (Å²) in [7, 11) is 1.57. The van der Waals surface area contributed by atoms with Crippen LogP contribution in [0.5, 0.6) is 0 Å². The first-order chi connectivity index (χ1) is 9.01. The van der Waals surface area contributed by atoms with Gasteiger partial charge < -0.3 is 15.8 Å². The van der Waals surface area contributed by atoms with E-state index in [0.29, 0.717) is 30.8 Å². The molecule has 0 radical (unpaired) electrons. The molecule has 0 aromatic carbocycles. The highest BCUT2D eigenvalue weighted by Crippen LogP contribution is 2.17. The minimum absolute atomic E-state index is 0.0787. The fraction of sp³-hybridized carbons (Fsp3) is 0.583. The van der Waals surface area contributed by atoms with Gasteiger partial charge >= 0.3 is 5.97 Å². The maximum Gasteiger partial charge on any atom is 0.358 e. The van der Waals surface area contributed by atoms with Crippen molar-refractivity contribution >= 4 is 17.6 Å². The van der Waals surface area contributed by atoms with Gasteiger partial charge in [0.15, 0.2) is 5.69 Å². The molecule has 19 heavy (non-hydrogen) atoms. The Bertz CT molecular complexity index is 468. The number of amides is 1. The van der Waals surface area contributed by atoms with Crippen molar-refractivity contribution in [3.05, 3.63) is 11.4 Å². The molecule has 0 unspecified atom stereocenters. The molecule has 0 bridgehead atoms. The number of carbonyl (C=O) groups excluding carboxylic acids is 2. The molecule has 7 nitrogen and oxygen atoms in total. The minimum atomic E-state index is -0.503. The third kappa shape index (κ3) is 3.70. The third-order valence-corrected chi connectivity index (χ3v) is 2.73. The Hall–Kier alpha value is -2.05. The summed E-state index contributed by atoms with van der Waals surface area (Å²) in [5.41, 5.74) is 7.04. The first-order valence-corrected chi connectivity index (χ1v) is 6.21. The molecule has 1 aromatic heterocycles. The smallest absolute Gasteiger partial charge is 0.358 e. The summed E-state index contributed by atoms with van der Waals surface area (Å²) in [5, 5.41) is 6.65. The number of aromatic nitrogens is 2. The van der Waals surface area contributed by atoms with Crippen molar-refractivity contribution in [1.29, 1.82) is 0 Å². The van der Waals surface area contributed by atoms with E-state index < -0.39 is 5.97 Å². The van der Waals surface area contributed by atoms with E-state index in [0.717, 1.165) is 0 Å². The predicted molar refractivity (Wildman–Crippen MR) is 70.6 cm³/mol. The van der Waals surface area contributed by atoms with E-state index in [1.54, 1.807) is 14.0 Å². The predicted octanol–water partition coefficient (Wildman–Crippen LogP) is 0.477. The highest BCUT2D eigenvalue weighted by Gasteiger charge is 2.20. The summed E-state index contributed by atoms with van der Waals surface area (Å²) < 4.78 is 6.62. The van der Waals surface area contributed by atoms with E-state index in [4.69, 9.17) is 10.5 Å². The fourth-order valence-corrected chi connectivity index (χ4v) is 1.63. The topological polar surface area (TPSA) is 99.2 Å². The second-order valence-electron chi connectivity index (χ2n) is 4.08. The second kappa shape index (κ2) is 6.77. The zero-order valence-electron chi connectivity index (χ0n) is 11.5. The van der Waals surface area contributed by atoms with Gasteiger partial charge in [0.1, 0.15) is 0 Å². The minimum Gasteiger partial charge on any atom is -0.461 e. The van der Waals surface area contributed by atoms with Crippen LogP contribution in [0.2, 0.25) is 0 Å². The molecule has 7 heteroatoms. The average Bonchev–Trinajstić information content (AvgIpc) is 2.69. The van der Waals surface area contributed by atoms with Crippen LogP contribution in [0.3, 0.4) is 0 Å². The van der Waals surface area contributed by atoms with E-state index in [9.17, 15) is 9.59 Å². The highest BCUT2D eigenvalue weighted by atomic mass is 16.5. The first-order valence-electron chi connectivity index (χ1n) is 6.21. The molecule has 0 fully saturated rings. The maximum absolute atomic E-state index is 11.9. The number of nitrogens with one attached hydrogen (secondary N) is 1. The van der Waals surface area contributed by atoms with Gasteiger partial charge in [-0.1, -0.05) is 0 Å². The van der Waals surface area contributed by atoms with Crippen molar-refractivity contribution in [3.8, 4) is 0 Å². The Morgan fingerprint density at radius 2 is 2.16 bits per heavy atom. The normalized spacial score (nSPS) is 10.3. The molecule has 3 N–H and O–H groups in total. The van der Waals surface area contributed by atoms with E-state index in [-0.39, 0.29) is 18.2 Å². The Balaban J connectivity index is 2.56. The Morgan fingerprint density at radius 1 is 1.47 bits per heavy atom. The molecule has 0 atom stereocenters. The number of aryl methyl sites for hydroxylation is 2. The molecule has 0 aliphatic heterocycles. The lowest BCUT2D eigenvalue weighted by Gasteiger charge is -2.06. The average molecular weight is 268 g/mol. The van der Waals surface area contributed by atoms with Crippen molar-refractivity contribution < 1.29 is 14.3 Å². The number of nitrogen functional groups attached to an aromatic ring is 1. The van der Waals surface area contributed by atoms with Crippen molar-refractivity contribution in [2.24, 2.45) is 0 Å². The Labute approximate surface area is 112 Å². The molecule has 1 rings (SSSR count). The lowest BCUT2D eigenvalue weighted by molar-refractivity contribution is -0.120. The quantitative estimate of drug-likeness (QED) is 0.577. The largest absolute Gasteiger partial charge is 0.461 e. The van der Waals surface area contributed by atoms with Gasteiger partial charge in [0.05, 0.1) is 18.0 Å². The van der Waals surface area contributed by atoms with Crippen LogP contribution in [0, 0.1) is 6.92 Å². The van der Waals surface area contributed by atoms with Crippen LogP contribution >= 0.6 is 0 Å². The molecule has 0 aliphatic carbocycles.